The summed E-state index contributed by atoms with van der Waals surface area (Å²) in [5.41, 5.74) is 4.75. The quantitative estimate of drug-likeness (QED) is 0.300. The highest BCUT2D eigenvalue weighted by Crippen LogP contribution is 2.73. The predicted octanol–water partition coefficient (Wildman–Crippen LogP) is 8.56. The van der Waals surface area contributed by atoms with Crippen molar-refractivity contribution < 1.29 is 14.7 Å². The molecule has 0 spiro atoms. The van der Waals surface area contributed by atoms with E-state index in [-0.39, 0.29) is 22.3 Å². The van der Waals surface area contributed by atoms with E-state index in [4.69, 9.17) is 0 Å². The molecule has 1 unspecified atom stereocenters. The lowest BCUT2D eigenvalue weighted by atomic mass is 9.36. The van der Waals surface area contributed by atoms with Gasteiger partial charge in [0.25, 0.3) is 0 Å². The highest BCUT2D eigenvalue weighted by atomic mass is 32.2. The monoisotopic (exact) mass is 658 g/mol. The lowest BCUT2D eigenvalue weighted by Crippen LogP contribution is -2.65. The number of rotatable bonds is 6. The van der Waals surface area contributed by atoms with Crippen molar-refractivity contribution >= 4 is 29.2 Å². The molecule has 0 aromatic heterocycles. The molecule has 256 valence electrons. The number of hydrogen-bond acceptors (Lipinski definition) is 4. The second-order valence-electron chi connectivity index (χ2n) is 17.6. The molecule has 0 bridgehead atoms. The maximum absolute atomic E-state index is 13.7. The van der Waals surface area contributed by atoms with Crippen LogP contribution in [0, 0.1) is 51.8 Å². The first-order valence-corrected chi connectivity index (χ1v) is 19.8. The number of thioether (sulfide) groups is 1. The van der Waals surface area contributed by atoms with Gasteiger partial charge in [0, 0.05) is 30.1 Å². The molecule has 1 aliphatic heterocycles. The Morgan fingerprint density at radius 2 is 1.64 bits per heavy atom. The molecule has 6 aliphatic rings. The summed E-state index contributed by atoms with van der Waals surface area (Å²) in [5, 5.41) is 13.2. The topological polar surface area (TPSA) is 69.6 Å². The number of nitrogens with zero attached hydrogens (tertiary/aromatic N) is 1. The van der Waals surface area contributed by atoms with Crippen molar-refractivity contribution in [3.05, 3.63) is 53.6 Å². The molecule has 7 rings (SSSR count). The van der Waals surface area contributed by atoms with E-state index in [9.17, 15) is 14.7 Å². The fourth-order valence-corrected chi connectivity index (χ4v) is 14.2. The van der Waals surface area contributed by atoms with Gasteiger partial charge in [-0.1, -0.05) is 58.1 Å². The van der Waals surface area contributed by atoms with Crippen molar-refractivity contribution in [2.45, 2.75) is 97.9 Å². The standard InChI is InChI=1S/C41H58N2O3S/c1-26(2)29-13-19-41(42-35(44)25-43-21-23-47-24-22-43)20-15-32-30(36(29)41)11-12-34-39(32,5)18-16-33-38(3,4)31(14-17-40(33,34)6)27-7-9-28(10-8-27)37(45)46/h7-10,14,29-30,32-34,36H,1,11-13,15-25H2,2-6H3,(H,42,44)(H,45,46)/t29-,30-,32?,33-,34-,36+,39-,40-,41-/m0/s1. The molecule has 5 fully saturated rings. The lowest BCUT2D eigenvalue weighted by Gasteiger charge is -2.68. The Kier molecular flexibility index (Phi) is 8.59. The van der Waals surface area contributed by atoms with Gasteiger partial charge in [0.1, 0.15) is 0 Å². The van der Waals surface area contributed by atoms with Crippen molar-refractivity contribution in [3.63, 3.8) is 0 Å². The number of allylic oxidation sites excluding steroid dienone is 3. The summed E-state index contributed by atoms with van der Waals surface area (Å²) in [5.74, 6) is 5.29. The van der Waals surface area contributed by atoms with E-state index in [1.165, 1.54) is 55.2 Å². The highest BCUT2D eigenvalue weighted by Gasteiger charge is 2.66. The van der Waals surface area contributed by atoms with Gasteiger partial charge in [0.05, 0.1) is 12.1 Å². The Morgan fingerprint density at radius 1 is 0.936 bits per heavy atom. The van der Waals surface area contributed by atoms with Crippen molar-refractivity contribution in [3.8, 4) is 0 Å². The molecule has 6 heteroatoms. The molecule has 9 atom stereocenters. The number of carboxylic acid groups (broad SMARTS) is 1. The van der Waals surface area contributed by atoms with Gasteiger partial charge in [0.15, 0.2) is 0 Å². The second-order valence-corrected chi connectivity index (χ2v) is 18.8. The van der Waals surface area contributed by atoms with Gasteiger partial charge in [-0.15, -0.1) is 0 Å². The van der Waals surface area contributed by atoms with Gasteiger partial charge < -0.3 is 10.4 Å². The van der Waals surface area contributed by atoms with Crippen LogP contribution in [-0.2, 0) is 4.79 Å². The van der Waals surface area contributed by atoms with E-state index in [0.717, 1.165) is 43.9 Å². The van der Waals surface area contributed by atoms with Crippen LogP contribution in [0.4, 0.5) is 0 Å². The van der Waals surface area contributed by atoms with Gasteiger partial charge in [-0.25, -0.2) is 4.79 Å². The van der Waals surface area contributed by atoms with Crippen LogP contribution in [0.3, 0.4) is 0 Å². The first kappa shape index (κ1) is 33.4. The summed E-state index contributed by atoms with van der Waals surface area (Å²) in [6, 6.07) is 7.58. The van der Waals surface area contributed by atoms with Gasteiger partial charge in [0.2, 0.25) is 5.91 Å². The van der Waals surface area contributed by atoms with Gasteiger partial charge in [-0.3, -0.25) is 9.69 Å². The van der Waals surface area contributed by atoms with Crippen LogP contribution in [0.5, 0.6) is 0 Å². The van der Waals surface area contributed by atoms with Gasteiger partial charge in [-0.2, -0.15) is 11.8 Å². The summed E-state index contributed by atoms with van der Waals surface area (Å²) in [7, 11) is 0. The molecule has 1 heterocycles. The number of aromatic carboxylic acids is 1. The number of benzene rings is 1. The van der Waals surface area contributed by atoms with Crippen LogP contribution >= 0.6 is 11.8 Å². The molecule has 47 heavy (non-hydrogen) atoms. The van der Waals surface area contributed by atoms with E-state index in [0.29, 0.717) is 53.0 Å². The zero-order chi connectivity index (χ0) is 33.4. The van der Waals surface area contributed by atoms with Crippen LogP contribution in [0.15, 0.2) is 42.5 Å². The maximum atomic E-state index is 13.7. The number of carbonyl (C=O) groups excluding carboxylic acids is 1. The summed E-state index contributed by atoms with van der Waals surface area (Å²) in [6.07, 6.45) is 13.3. The SMILES string of the molecule is C=C(C)[C@@H]1CC[C@]2(NC(=O)CN3CCSCC3)CCC3[C@H](CC[C@@H]4[C@@]5(C)CC=C(c6ccc(C(=O)O)cc6)C(C)(C)[C@@H]5CC[C@@]34C)[C@@H]12. The average molecular weight is 659 g/mol. The minimum atomic E-state index is -0.866. The number of amides is 1. The van der Waals surface area contributed by atoms with Crippen molar-refractivity contribution in [2.75, 3.05) is 31.1 Å². The molecule has 0 radical (unpaired) electrons. The molecule has 1 amide bonds. The number of fused-ring (bicyclic) bond motifs is 7. The summed E-state index contributed by atoms with van der Waals surface area (Å²) >= 11 is 2.00. The third-order valence-electron chi connectivity index (χ3n) is 15.1. The molecule has 1 saturated heterocycles. The first-order valence-electron chi connectivity index (χ1n) is 18.6. The number of nitrogens with one attached hydrogen (secondary N) is 1. The summed E-state index contributed by atoms with van der Waals surface area (Å²) < 4.78 is 0. The first-order chi connectivity index (χ1) is 22.3. The molecule has 2 N–H and O–H groups in total. The van der Waals surface area contributed by atoms with Crippen molar-refractivity contribution in [1.82, 2.24) is 10.2 Å². The zero-order valence-corrected chi connectivity index (χ0v) is 30.4. The van der Waals surface area contributed by atoms with Crippen molar-refractivity contribution in [2.24, 2.45) is 51.8 Å². The zero-order valence-electron chi connectivity index (χ0n) is 29.6. The van der Waals surface area contributed by atoms with Gasteiger partial charge in [-0.05, 0) is 140 Å². The normalized spacial score (nSPS) is 41.0. The molecule has 1 aromatic carbocycles. The molecule has 5 aliphatic carbocycles. The Morgan fingerprint density at radius 3 is 2.32 bits per heavy atom. The summed E-state index contributed by atoms with van der Waals surface area (Å²) in [6.45, 7) is 19.6. The Labute approximate surface area is 287 Å². The van der Waals surface area contributed by atoms with E-state index in [1.54, 1.807) is 12.1 Å². The Balaban J connectivity index is 1.15. The summed E-state index contributed by atoms with van der Waals surface area (Å²) in [4.78, 5) is 27.5. The largest absolute Gasteiger partial charge is 0.478 e. The van der Waals surface area contributed by atoms with Crippen LogP contribution in [0.2, 0.25) is 0 Å². The lowest BCUT2D eigenvalue weighted by molar-refractivity contribution is -0.175. The Hall–Kier alpha value is -2.05. The van der Waals surface area contributed by atoms with E-state index >= 15 is 0 Å². The highest BCUT2D eigenvalue weighted by molar-refractivity contribution is 7.99. The number of carboxylic acids is 1. The van der Waals surface area contributed by atoms with Crippen LogP contribution in [0.1, 0.15) is 108 Å². The second kappa shape index (κ2) is 12.1. The molecular formula is C41H58N2O3S. The average Bonchev–Trinajstić information content (AvgIpc) is 3.41. The van der Waals surface area contributed by atoms with Crippen LogP contribution < -0.4 is 5.32 Å². The molecule has 4 saturated carbocycles. The van der Waals surface area contributed by atoms with E-state index < -0.39 is 5.97 Å². The van der Waals surface area contributed by atoms with E-state index in [2.05, 4.69) is 57.5 Å². The van der Waals surface area contributed by atoms with Crippen molar-refractivity contribution in [1.29, 1.82) is 0 Å². The molecule has 5 nitrogen and oxygen atoms in total. The minimum Gasteiger partial charge on any atom is -0.478 e. The third kappa shape index (κ3) is 5.38. The molecular weight excluding hydrogens is 601 g/mol. The van der Waals surface area contributed by atoms with E-state index in [1.807, 2.05) is 23.9 Å². The molecule has 1 aromatic rings. The van der Waals surface area contributed by atoms with Crippen LogP contribution in [0.25, 0.3) is 5.57 Å². The Bertz CT molecular complexity index is 1440. The van der Waals surface area contributed by atoms with Gasteiger partial charge >= 0.3 is 5.97 Å². The fourth-order valence-electron chi connectivity index (χ4n) is 13.2. The maximum Gasteiger partial charge on any atom is 0.335 e. The fraction of sp³-hybridized carbons (Fsp3) is 0.707. The number of hydrogen-bond donors (Lipinski definition) is 2. The van der Waals surface area contributed by atoms with Crippen LogP contribution in [-0.4, -0.2) is 58.6 Å². The predicted molar refractivity (Wildman–Crippen MR) is 193 cm³/mol. The third-order valence-corrected chi connectivity index (χ3v) is 16.0. The number of carbonyl (C=O) groups is 2. The smallest absolute Gasteiger partial charge is 0.335 e. The minimum absolute atomic E-state index is 0.0193.